The van der Waals surface area contributed by atoms with Gasteiger partial charge in [0.25, 0.3) is 10.0 Å². The van der Waals surface area contributed by atoms with Gasteiger partial charge >= 0.3 is 0 Å². The van der Waals surface area contributed by atoms with E-state index in [1.54, 1.807) is 36.4 Å². The molecule has 2 amide bonds. The monoisotopic (exact) mass is 715 g/mol. The number of nitrogens with zero attached hydrogens (tertiary/aromatic N) is 2. The van der Waals surface area contributed by atoms with E-state index < -0.39 is 34.4 Å². The number of halogens is 3. The van der Waals surface area contributed by atoms with Crippen LogP contribution in [-0.4, -0.2) is 50.9 Å². The number of ether oxygens (including phenoxy) is 1. The molecule has 4 aromatic carbocycles. The number of amides is 2. The number of anilines is 1. The second kappa shape index (κ2) is 16.4. The van der Waals surface area contributed by atoms with Crippen LogP contribution in [0.2, 0.25) is 15.1 Å². The summed E-state index contributed by atoms with van der Waals surface area (Å²) in [6.45, 7) is 2.99. The Morgan fingerprint density at radius 3 is 2.04 bits per heavy atom. The number of sulfonamides is 1. The zero-order valence-electron chi connectivity index (χ0n) is 26.2. The lowest BCUT2D eigenvalue weighted by molar-refractivity contribution is -0.140. The van der Waals surface area contributed by atoms with Gasteiger partial charge in [0.1, 0.15) is 18.3 Å². The summed E-state index contributed by atoms with van der Waals surface area (Å²) in [5.74, 6) is -0.726. The first kappa shape index (κ1) is 36.1. The number of carbonyl (C=O) groups is 2. The van der Waals surface area contributed by atoms with Gasteiger partial charge < -0.3 is 15.0 Å². The maximum atomic E-state index is 14.6. The second-order valence-electron chi connectivity index (χ2n) is 10.9. The predicted octanol–water partition coefficient (Wildman–Crippen LogP) is 7.41. The topological polar surface area (TPSA) is 96.0 Å². The second-order valence-corrected chi connectivity index (χ2v) is 14.0. The van der Waals surface area contributed by atoms with Gasteiger partial charge in [-0.3, -0.25) is 13.9 Å². The van der Waals surface area contributed by atoms with Crippen molar-refractivity contribution in [1.82, 2.24) is 10.2 Å². The van der Waals surface area contributed by atoms with Crippen LogP contribution in [0.15, 0.2) is 102 Å². The van der Waals surface area contributed by atoms with Crippen molar-refractivity contribution in [3.63, 3.8) is 0 Å². The number of methoxy groups -OCH3 is 1. The first-order valence-electron chi connectivity index (χ1n) is 14.9. The third kappa shape index (κ3) is 8.99. The molecule has 0 spiro atoms. The van der Waals surface area contributed by atoms with E-state index >= 15 is 0 Å². The number of hydrogen-bond acceptors (Lipinski definition) is 5. The fraction of sp³-hybridized carbons (Fsp3) is 0.257. The SMILES string of the molecule is CC[C@H](C)NC(=O)[C@@H](Cc1ccccc1)N(Cc1c(Cl)cccc1Cl)C(=O)CN(c1ccc(OC)c(Cl)c1)S(=O)(=O)c1ccccc1. The zero-order valence-corrected chi connectivity index (χ0v) is 29.3. The summed E-state index contributed by atoms with van der Waals surface area (Å²) in [4.78, 5) is 29.9. The molecule has 8 nitrogen and oxygen atoms in total. The highest BCUT2D eigenvalue weighted by Crippen LogP contribution is 2.33. The van der Waals surface area contributed by atoms with Crippen LogP contribution < -0.4 is 14.4 Å². The lowest BCUT2D eigenvalue weighted by Gasteiger charge is -2.34. The van der Waals surface area contributed by atoms with E-state index in [4.69, 9.17) is 39.5 Å². The molecule has 0 unspecified atom stereocenters. The molecule has 0 radical (unpaired) electrons. The van der Waals surface area contributed by atoms with Gasteiger partial charge in [0.15, 0.2) is 0 Å². The molecule has 0 saturated carbocycles. The minimum absolute atomic E-state index is 0.0317. The van der Waals surface area contributed by atoms with Crippen LogP contribution in [0.25, 0.3) is 0 Å². The van der Waals surface area contributed by atoms with Gasteiger partial charge in [-0.15, -0.1) is 0 Å². The van der Waals surface area contributed by atoms with Crippen molar-refractivity contribution < 1.29 is 22.7 Å². The number of hydrogen-bond donors (Lipinski definition) is 1. The molecule has 47 heavy (non-hydrogen) atoms. The lowest BCUT2D eigenvalue weighted by Crippen LogP contribution is -2.54. The molecule has 1 N–H and O–H groups in total. The van der Waals surface area contributed by atoms with Crippen LogP contribution >= 0.6 is 34.8 Å². The van der Waals surface area contributed by atoms with E-state index in [1.165, 1.54) is 42.3 Å². The maximum Gasteiger partial charge on any atom is 0.264 e. The summed E-state index contributed by atoms with van der Waals surface area (Å²) in [5.41, 5.74) is 1.35. The van der Waals surface area contributed by atoms with Crippen molar-refractivity contribution in [3.8, 4) is 5.75 Å². The number of nitrogens with one attached hydrogen (secondary N) is 1. The third-order valence-electron chi connectivity index (χ3n) is 7.70. The molecule has 248 valence electrons. The summed E-state index contributed by atoms with van der Waals surface area (Å²) in [6.07, 6.45) is 0.812. The molecule has 4 aromatic rings. The Morgan fingerprint density at radius 2 is 1.47 bits per heavy atom. The number of carbonyl (C=O) groups excluding carboxylic acids is 2. The van der Waals surface area contributed by atoms with Crippen LogP contribution in [0, 0.1) is 0 Å². The number of benzene rings is 4. The van der Waals surface area contributed by atoms with Crippen LogP contribution in [0.1, 0.15) is 31.4 Å². The molecule has 0 aromatic heterocycles. The van der Waals surface area contributed by atoms with Crippen LogP contribution in [0.3, 0.4) is 0 Å². The minimum Gasteiger partial charge on any atom is -0.495 e. The summed E-state index contributed by atoms with van der Waals surface area (Å²) < 4.78 is 34.6. The quantitative estimate of drug-likeness (QED) is 0.147. The van der Waals surface area contributed by atoms with E-state index in [0.29, 0.717) is 27.8 Å². The smallest absolute Gasteiger partial charge is 0.264 e. The summed E-state index contributed by atoms with van der Waals surface area (Å²) in [5, 5.41) is 3.75. The average Bonchev–Trinajstić information content (AvgIpc) is 3.06. The van der Waals surface area contributed by atoms with E-state index in [-0.39, 0.29) is 34.6 Å². The summed E-state index contributed by atoms with van der Waals surface area (Å²) in [6, 6.07) is 25.2. The highest BCUT2D eigenvalue weighted by Gasteiger charge is 2.35. The summed E-state index contributed by atoms with van der Waals surface area (Å²) >= 11 is 19.6. The van der Waals surface area contributed by atoms with Crippen molar-refractivity contribution in [2.45, 2.75) is 50.2 Å². The van der Waals surface area contributed by atoms with Gasteiger partial charge in [0.05, 0.1) is 22.7 Å². The van der Waals surface area contributed by atoms with Crippen molar-refractivity contribution in [3.05, 3.63) is 123 Å². The standard InChI is InChI=1S/C35H36Cl3N3O5S/c1-4-24(2)39-35(43)32(20-25-12-7-5-8-13-25)40(22-28-29(36)16-11-17-30(28)37)34(42)23-41(26-18-19-33(46-3)31(38)21-26)47(44,45)27-14-9-6-10-15-27/h5-19,21,24,32H,4,20,22-23H2,1-3H3,(H,39,43)/t24-,32+/m0/s1. The highest BCUT2D eigenvalue weighted by molar-refractivity contribution is 7.92. The van der Waals surface area contributed by atoms with Crippen LogP contribution in [0.4, 0.5) is 5.69 Å². The molecule has 0 bridgehead atoms. The van der Waals surface area contributed by atoms with Crippen LogP contribution in [-0.2, 0) is 32.6 Å². The molecule has 0 heterocycles. The van der Waals surface area contributed by atoms with Crippen molar-refractivity contribution in [1.29, 1.82) is 0 Å². The molecule has 0 aliphatic carbocycles. The molecule has 12 heteroatoms. The molecule has 0 aliphatic heterocycles. The molecule has 4 rings (SSSR count). The summed E-state index contributed by atoms with van der Waals surface area (Å²) in [7, 11) is -2.86. The van der Waals surface area contributed by atoms with E-state index in [9.17, 15) is 18.0 Å². The van der Waals surface area contributed by atoms with Crippen LogP contribution in [0.5, 0.6) is 5.75 Å². The van der Waals surface area contributed by atoms with Gasteiger partial charge in [-0.1, -0.05) is 96.3 Å². The maximum absolute atomic E-state index is 14.6. The van der Waals surface area contributed by atoms with Gasteiger partial charge in [-0.2, -0.15) is 0 Å². The molecule has 0 saturated heterocycles. The Kier molecular flexibility index (Phi) is 12.6. The Balaban J connectivity index is 1.86. The normalized spacial score (nSPS) is 12.6. The Bertz CT molecular complexity index is 1770. The number of rotatable bonds is 14. The van der Waals surface area contributed by atoms with Crippen molar-refractivity contribution in [2.75, 3.05) is 18.0 Å². The lowest BCUT2D eigenvalue weighted by atomic mass is 10.0. The van der Waals surface area contributed by atoms with Gasteiger partial charge in [0.2, 0.25) is 11.8 Å². The average molecular weight is 717 g/mol. The third-order valence-corrected chi connectivity index (χ3v) is 10.5. The Morgan fingerprint density at radius 1 is 0.851 bits per heavy atom. The molecule has 2 atom stereocenters. The van der Waals surface area contributed by atoms with Gasteiger partial charge in [-0.25, -0.2) is 8.42 Å². The van der Waals surface area contributed by atoms with Gasteiger partial charge in [0, 0.05) is 34.6 Å². The fourth-order valence-corrected chi connectivity index (χ4v) is 7.10. The first-order chi connectivity index (χ1) is 22.5. The van der Waals surface area contributed by atoms with E-state index in [0.717, 1.165) is 9.87 Å². The zero-order chi connectivity index (χ0) is 34.1. The minimum atomic E-state index is -4.30. The molecular formula is C35H36Cl3N3O5S. The largest absolute Gasteiger partial charge is 0.495 e. The molecule has 0 aliphatic rings. The molecular weight excluding hydrogens is 681 g/mol. The Hall–Kier alpha value is -3.76. The van der Waals surface area contributed by atoms with E-state index in [2.05, 4.69) is 5.32 Å². The predicted molar refractivity (Wildman–Crippen MR) is 188 cm³/mol. The van der Waals surface area contributed by atoms with Gasteiger partial charge in [-0.05, 0) is 61.4 Å². The van der Waals surface area contributed by atoms with E-state index in [1.807, 2.05) is 44.2 Å². The highest BCUT2D eigenvalue weighted by atomic mass is 35.5. The Labute approximate surface area is 291 Å². The molecule has 0 fully saturated rings. The fourth-order valence-electron chi connectivity index (χ4n) is 4.91. The van der Waals surface area contributed by atoms with Crippen molar-refractivity contribution >= 4 is 62.3 Å². The first-order valence-corrected chi connectivity index (χ1v) is 17.5. The van der Waals surface area contributed by atoms with Crippen molar-refractivity contribution in [2.24, 2.45) is 0 Å².